The van der Waals surface area contributed by atoms with Gasteiger partial charge in [0.2, 0.25) is 0 Å². The quantitative estimate of drug-likeness (QED) is 0.512. The van der Waals surface area contributed by atoms with Crippen molar-refractivity contribution in [3.8, 4) is 0 Å². The van der Waals surface area contributed by atoms with Crippen LogP contribution in [-0.4, -0.2) is 0 Å². The highest BCUT2D eigenvalue weighted by Gasteiger charge is 2.44. The van der Waals surface area contributed by atoms with Crippen LogP contribution in [0.1, 0.15) is 52.9 Å². The van der Waals surface area contributed by atoms with Crippen LogP contribution in [0.5, 0.6) is 0 Å². The molecule has 0 heterocycles. The van der Waals surface area contributed by atoms with E-state index < -0.39 is 0 Å². The van der Waals surface area contributed by atoms with Gasteiger partial charge in [-0.15, -0.1) is 0 Å². The second kappa shape index (κ2) is 2.75. The van der Waals surface area contributed by atoms with Crippen molar-refractivity contribution in [1.29, 1.82) is 0 Å². The first-order valence-electron chi connectivity index (χ1n) is 5.60. The molecule has 12 heavy (non-hydrogen) atoms. The van der Waals surface area contributed by atoms with Gasteiger partial charge in [0.05, 0.1) is 0 Å². The van der Waals surface area contributed by atoms with Crippen LogP contribution in [0.15, 0.2) is 0 Å². The maximum atomic E-state index is 2.53. The minimum absolute atomic E-state index is 0.742. The van der Waals surface area contributed by atoms with Crippen molar-refractivity contribution < 1.29 is 0 Å². The zero-order valence-corrected chi connectivity index (χ0v) is 8.77. The Morgan fingerprint density at radius 1 is 1.08 bits per heavy atom. The summed E-state index contributed by atoms with van der Waals surface area (Å²) in [4.78, 5) is 0. The first-order chi connectivity index (χ1) is 5.60. The average molecular weight is 166 g/mol. The summed E-state index contributed by atoms with van der Waals surface area (Å²) in [7, 11) is 0. The molecule has 2 fully saturated rings. The van der Waals surface area contributed by atoms with E-state index in [2.05, 4.69) is 20.8 Å². The van der Waals surface area contributed by atoms with Crippen molar-refractivity contribution in [1.82, 2.24) is 0 Å². The highest BCUT2D eigenvalue weighted by molar-refractivity contribution is 4.95. The molecule has 0 radical (unpaired) electrons. The molecule has 2 aliphatic rings. The van der Waals surface area contributed by atoms with Gasteiger partial charge in [0.15, 0.2) is 0 Å². The minimum atomic E-state index is 0.742. The number of rotatable bonds is 0. The smallest absolute Gasteiger partial charge is 0.0295 e. The Hall–Kier alpha value is 0. The van der Waals surface area contributed by atoms with Crippen LogP contribution in [0.25, 0.3) is 0 Å². The number of hydrogen-bond donors (Lipinski definition) is 0. The van der Waals surface area contributed by atoms with E-state index in [4.69, 9.17) is 0 Å². The summed E-state index contributed by atoms with van der Waals surface area (Å²) in [6.07, 6.45) is 7.52. The standard InChI is InChI=1S/C12H22/c1-9-4-5-12(3)8-10(2)7-11(12)6-9/h9-11H,4-8H2,1-3H3. The third kappa shape index (κ3) is 1.30. The maximum Gasteiger partial charge on any atom is -0.0295 e. The van der Waals surface area contributed by atoms with Crippen LogP contribution in [0, 0.1) is 23.2 Å². The Labute approximate surface area is 76.7 Å². The topological polar surface area (TPSA) is 0 Å². The molecule has 4 atom stereocenters. The van der Waals surface area contributed by atoms with Gasteiger partial charge in [0.25, 0.3) is 0 Å². The van der Waals surface area contributed by atoms with E-state index in [1.807, 2.05) is 0 Å². The molecule has 0 saturated heterocycles. The largest absolute Gasteiger partial charge is 0.0625 e. The summed E-state index contributed by atoms with van der Waals surface area (Å²) in [5.41, 5.74) is 0.742. The third-order valence-corrected chi connectivity index (χ3v) is 4.38. The second-order valence-electron chi connectivity index (χ2n) is 5.78. The monoisotopic (exact) mass is 166 g/mol. The van der Waals surface area contributed by atoms with Gasteiger partial charge in [-0.25, -0.2) is 0 Å². The Bertz CT molecular complexity index is 173. The van der Waals surface area contributed by atoms with Gasteiger partial charge < -0.3 is 0 Å². The molecule has 0 nitrogen and oxygen atoms in total. The second-order valence-corrected chi connectivity index (χ2v) is 5.78. The first kappa shape index (κ1) is 8.59. The fraction of sp³-hybridized carbons (Fsp3) is 1.00. The third-order valence-electron chi connectivity index (χ3n) is 4.38. The molecule has 0 N–H and O–H groups in total. The van der Waals surface area contributed by atoms with Crippen molar-refractivity contribution in [3.63, 3.8) is 0 Å². The van der Waals surface area contributed by atoms with Gasteiger partial charge in [0, 0.05) is 0 Å². The van der Waals surface area contributed by atoms with Crippen LogP contribution < -0.4 is 0 Å². The Balaban J connectivity index is 2.10. The molecule has 0 aromatic rings. The van der Waals surface area contributed by atoms with Crippen LogP contribution >= 0.6 is 0 Å². The fourth-order valence-electron chi connectivity index (χ4n) is 3.68. The summed E-state index contributed by atoms with van der Waals surface area (Å²) < 4.78 is 0. The lowest BCUT2D eigenvalue weighted by Crippen LogP contribution is -2.28. The van der Waals surface area contributed by atoms with Crippen molar-refractivity contribution in [2.75, 3.05) is 0 Å². The lowest BCUT2D eigenvalue weighted by molar-refractivity contribution is 0.118. The zero-order valence-electron chi connectivity index (χ0n) is 8.77. The maximum absolute atomic E-state index is 2.53. The van der Waals surface area contributed by atoms with Gasteiger partial charge in [-0.05, 0) is 48.9 Å². The van der Waals surface area contributed by atoms with Gasteiger partial charge >= 0.3 is 0 Å². The SMILES string of the molecule is CC1CCC2(C)CC(C)CC2C1. The highest BCUT2D eigenvalue weighted by atomic mass is 14.5. The number of fused-ring (bicyclic) bond motifs is 1. The van der Waals surface area contributed by atoms with E-state index in [1.54, 1.807) is 0 Å². The van der Waals surface area contributed by atoms with E-state index in [9.17, 15) is 0 Å². The summed E-state index contributed by atoms with van der Waals surface area (Å²) in [5.74, 6) is 3.08. The van der Waals surface area contributed by atoms with Gasteiger partial charge in [-0.2, -0.15) is 0 Å². The molecule has 0 aliphatic heterocycles. The van der Waals surface area contributed by atoms with Crippen molar-refractivity contribution in [2.24, 2.45) is 23.2 Å². The van der Waals surface area contributed by atoms with Gasteiger partial charge in [-0.1, -0.05) is 27.2 Å². The average Bonchev–Trinajstić information content (AvgIpc) is 2.24. The van der Waals surface area contributed by atoms with Crippen LogP contribution in [-0.2, 0) is 0 Å². The zero-order chi connectivity index (χ0) is 8.77. The lowest BCUT2D eigenvalue weighted by Gasteiger charge is -2.39. The Morgan fingerprint density at radius 3 is 2.50 bits per heavy atom. The Kier molecular flexibility index (Phi) is 1.97. The molecule has 2 saturated carbocycles. The molecule has 0 aromatic heterocycles. The summed E-state index contributed by atoms with van der Waals surface area (Å²) in [6.45, 7) is 7.41. The van der Waals surface area contributed by atoms with E-state index in [0.29, 0.717) is 0 Å². The minimum Gasteiger partial charge on any atom is -0.0625 e. The van der Waals surface area contributed by atoms with Crippen molar-refractivity contribution in [3.05, 3.63) is 0 Å². The molecular formula is C12H22. The number of hydrogen-bond acceptors (Lipinski definition) is 0. The van der Waals surface area contributed by atoms with Crippen LogP contribution in [0.3, 0.4) is 0 Å². The molecule has 70 valence electrons. The van der Waals surface area contributed by atoms with E-state index in [-0.39, 0.29) is 0 Å². The summed E-state index contributed by atoms with van der Waals surface area (Å²) >= 11 is 0. The van der Waals surface area contributed by atoms with Crippen LogP contribution in [0.4, 0.5) is 0 Å². The molecule has 0 bridgehead atoms. The van der Waals surface area contributed by atoms with Gasteiger partial charge in [0.1, 0.15) is 0 Å². The molecule has 4 unspecified atom stereocenters. The molecule has 0 spiro atoms. The first-order valence-corrected chi connectivity index (χ1v) is 5.60. The highest BCUT2D eigenvalue weighted by Crippen LogP contribution is 2.55. The van der Waals surface area contributed by atoms with E-state index >= 15 is 0 Å². The fourth-order valence-corrected chi connectivity index (χ4v) is 3.68. The molecule has 2 aliphatic carbocycles. The van der Waals surface area contributed by atoms with Crippen molar-refractivity contribution >= 4 is 0 Å². The molecule has 0 amide bonds. The summed E-state index contributed by atoms with van der Waals surface area (Å²) in [6, 6.07) is 0. The van der Waals surface area contributed by atoms with E-state index in [1.165, 1.54) is 32.1 Å². The Morgan fingerprint density at radius 2 is 1.75 bits per heavy atom. The predicted molar refractivity (Wildman–Crippen MR) is 53.0 cm³/mol. The predicted octanol–water partition coefficient (Wildman–Crippen LogP) is 3.86. The summed E-state index contributed by atoms with van der Waals surface area (Å²) in [5, 5.41) is 0. The van der Waals surface area contributed by atoms with E-state index in [0.717, 1.165) is 23.2 Å². The normalized spacial score (nSPS) is 53.8. The molecule has 0 aromatic carbocycles. The molecule has 0 heteroatoms. The molecular weight excluding hydrogens is 144 g/mol. The van der Waals surface area contributed by atoms with Crippen molar-refractivity contribution in [2.45, 2.75) is 52.9 Å². The lowest BCUT2D eigenvalue weighted by atomic mass is 9.67. The molecule has 2 rings (SSSR count). The van der Waals surface area contributed by atoms with Crippen LogP contribution in [0.2, 0.25) is 0 Å². The van der Waals surface area contributed by atoms with Gasteiger partial charge in [-0.3, -0.25) is 0 Å².